The van der Waals surface area contributed by atoms with Crippen LogP contribution in [0.1, 0.15) is 11.1 Å². The highest BCUT2D eigenvalue weighted by atomic mass is 16.1. The summed E-state index contributed by atoms with van der Waals surface area (Å²) in [6.45, 7) is 0.528. The zero-order valence-corrected chi connectivity index (χ0v) is 15.4. The maximum absolute atomic E-state index is 11.5. The molecule has 0 fully saturated rings. The van der Waals surface area contributed by atoms with Crippen LogP contribution in [0.5, 0.6) is 0 Å². The molecule has 142 valence electrons. The molecule has 1 amide bonds. The molecule has 0 saturated heterocycles. The van der Waals surface area contributed by atoms with Crippen LogP contribution >= 0.6 is 0 Å². The van der Waals surface area contributed by atoms with Crippen LogP contribution < -0.4 is 22.1 Å². The highest BCUT2D eigenvalue weighted by Gasteiger charge is 2.18. The van der Waals surface area contributed by atoms with E-state index in [2.05, 4.69) is 32.7 Å². The summed E-state index contributed by atoms with van der Waals surface area (Å²) < 4.78 is 0. The van der Waals surface area contributed by atoms with Crippen LogP contribution in [0.4, 0.5) is 17.3 Å². The van der Waals surface area contributed by atoms with E-state index >= 15 is 0 Å². The average molecular weight is 374 g/mol. The Hall–Kier alpha value is -3.45. The van der Waals surface area contributed by atoms with E-state index in [0.29, 0.717) is 30.3 Å². The van der Waals surface area contributed by atoms with Crippen molar-refractivity contribution in [3.05, 3.63) is 65.9 Å². The van der Waals surface area contributed by atoms with E-state index in [1.165, 1.54) is 5.56 Å². The van der Waals surface area contributed by atoms with Crippen LogP contribution in [0, 0.1) is 0 Å². The number of nitrogens with zero attached hydrogens (tertiary/aromatic N) is 2. The summed E-state index contributed by atoms with van der Waals surface area (Å²) in [6, 6.07) is 15.8. The molecule has 7 heteroatoms. The van der Waals surface area contributed by atoms with E-state index in [4.69, 9.17) is 11.5 Å². The number of nitrogens with two attached hydrogens (primary N) is 2. The Morgan fingerprint density at radius 1 is 1.18 bits per heavy atom. The van der Waals surface area contributed by atoms with Gasteiger partial charge >= 0.3 is 0 Å². The standard InChI is InChI=1S/C21H22N6O/c22-16(8-13-4-2-1-3-5-13)11-25-21-20(23)24-12-18(27-21)14-6-7-17-15(9-14)10-19(28)26-17/h1-7,9,12,16H,8,10-11,22H2,(H2,23,24)(H,25,27)(H,26,28)/t16-/m0/s1. The molecule has 0 aliphatic carbocycles. The maximum Gasteiger partial charge on any atom is 0.228 e. The number of benzene rings is 2. The van der Waals surface area contributed by atoms with Crippen LogP contribution in [-0.4, -0.2) is 28.5 Å². The molecule has 0 spiro atoms. The van der Waals surface area contributed by atoms with E-state index in [-0.39, 0.29) is 11.9 Å². The molecule has 3 aromatic rings. The van der Waals surface area contributed by atoms with Gasteiger partial charge in [-0.05, 0) is 29.7 Å². The fourth-order valence-corrected chi connectivity index (χ4v) is 3.27. The van der Waals surface area contributed by atoms with Crippen molar-refractivity contribution in [2.45, 2.75) is 18.9 Å². The lowest BCUT2D eigenvalue weighted by Gasteiger charge is -2.15. The molecular formula is C21H22N6O. The number of carbonyl (C=O) groups excluding carboxylic acids is 1. The third-order valence-electron chi connectivity index (χ3n) is 4.70. The first kappa shape index (κ1) is 17.9. The summed E-state index contributed by atoms with van der Waals surface area (Å²) in [7, 11) is 0. The van der Waals surface area contributed by atoms with Crippen LogP contribution in [0.3, 0.4) is 0 Å². The lowest BCUT2D eigenvalue weighted by Crippen LogP contribution is -2.31. The van der Waals surface area contributed by atoms with Crippen LogP contribution in [0.2, 0.25) is 0 Å². The largest absolute Gasteiger partial charge is 0.381 e. The normalized spacial score (nSPS) is 13.7. The van der Waals surface area contributed by atoms with Gasteiger partial charge in [-0.2, -0.15) is 0 Å². The molecule has 28 heavy (non-hydrogen) atoms. The average Bonchev–Trinajstić information content (AvgIpc) is 3.07. The van der Waals surface area contributed by atoms with Gasteiger partial charge in [0, 0.05) is 23.8 Å². The minimum Gasteiger partial charge on any atom is -0.381 e. The molecule has 7 nitrogen and oxygen atoms in total. The summed E-state index contributed by atoms with van der Waals surface area (Å²) in [5.74, 6) is 0.842. The number of fused-ring (bicyclic) bond motifs is 1. The molecule has 1 aliphatic heterocycles. The zero-order chi connectivity index (χ0) is 19.5. The molecule has 1 atom stereocenters. The first-order chi connectivity index (χ1) is 13.6. The Labute approximate surface area is 163 Å². The van der Waals surface area contributed by atoms with Crippen LogP contribution in [0.25, 0.3) is 11.3 Å². The van der Waals surface area contributed by atoms with Gasteiger partial charge in [0.15, 0.2) is 11.6 Å². The van der Waals surface area contributed by atoms with Crippen molar-refractivity contribution >= 4 is 23.2 Å². The predicted molar refractivity (Wildman–Crippen MR) is 111 cm³/mol. The quantitative estimate of drug-likeness (QED) is 0.525. The van der Waals surface area contributed by atoms with Crippen molar-refractivity contribution < 1.29 is 4.79 Å². The summed E-state index contributed by atoms with van der Waals surface area (Å²) in [4.78, 5) is 20.4. The van der Waals surface area contributed by atoms with Crippen molar-refractivity contribution in [2.75, 3.05) is 22.9 Å². The lowest BCUT2D eigenvalue weighted by atomic mass is 10.1. The molecule has 1 aliphatic rings. The second-order valence-electron chi connectivity index (χ2n) is 6.92. The number of hydrogen-bond acceptors (Lipinski definition) is 6. The number of carbonyl (C=O) groups is 1. The zero-order valence-electron chi connectivity index (χ0n) is 15.4. The highest BCUT2D eigenvalue weighted by Crippen LogP contribution is 2.29. The molecule has 4 rings (SSSR count). The van der Waals surface area contributed by atoms with E-state index in [1.54, 1.807) is 6.20 Å². The van der Waals surface area contributed by atoms with E-state index in [0.717, 1.165) is 23.2 Å². The van der Waals surface area contributed by atoms with Gasteiger partial charge in [-0.3, -0.25) is 4.79 Å². The first-order valence-electron chi connectivity index (χ1n) is 9.17. The number of nitrogen functional groups attached to an aromatic ring is 1. The van der Waals surface area contributed by atoms with Crippen LogP contribution in [-0.2, 0) is 17.6 Å². The van der Waals surface area contributed by atoms with Gasteiger partial charge in [0.1, 0.15) is 0 Å². The third-order valence-corrected chi connectivity index (χ3v) is 4.70. The highest BCUT2D eigenvalue weighted by molar-refractivity contribution is 5.99. The Morgan fingerprint density at radius 2 is 2.00 bits per heavy atom. The van der Waals surface area contributed by atoms with Gasteiger partial charge in [0.25, 0.3) is 0 Å². The molecule has 6 N–H and O–H groups in total. The monoisotopic (exact) mass is 374 g/mol. The topological polar surface area (TPSA) is 119 Å². The summed E-state index contributed by atoms with van der Waals surface area (Å²) in [6.07, 6.45) is 2.77. The van der Waals surface area contributed by atoms with Crippen molar-refractivity contribution in [3.8, 4) is 11.3 Å². The van der Waals surface area contributed by atoms with Crippen molar-refractivity contribution in [2.24, 2.45) is 5.73 Å². The van der Waals surface area contributed by atoms with Crippen molar-refractivity contribution in [3.63, 3.8) is 0 Å². The number of amides is 1. The fourth-order valence-electron chi connectivity index (χ4n) is 3.27. The molecule has 2 heterocycles. The van der Waals surface area contributed by atoms with Gasteiger partial charge in [0.2, 0.25) is 5.91 Å². The number of anilines is 3. The Kier molecular flexibility index (Phi) is 4.90. The Bertz CT molecular complexity index is 1010. The maximum atomic E-state index is 11.5. The molecule has 1 aromatic heterocycles. The number of rotatable bonds is 6. The minimum absolute atomic E-state index is 0.00491. The summed E-state index contributed by atoms with van der Waals surface area (Å²) in [5.41, 5.74) is 16.8. The van der Waals surface area contributed by atoms with Crippen molar-refractivity contribution in [1.82, 2.24) is 9.97 Å². The van der Waals surface area contributed by atoms with E-state index in [9.17, 15) is 4.79 Å². The lowest BCUT2D eigenvalue weighted by molar-refractivity contribution is -0.115. The van der Waals surface area contributed by atoms with Gasteiger partial charge in [-0.1, -0.05) is 36.4 Å². The molecule has 2 aromatic carbocycles. The number of aromatic nitrogens is 2. The van der Waals surface area contributed by atoms with Gasteiger partial charge in [-0.25, -0.2) is 9.97 Å². The van der Waals surface area contributed by atoms with Crippen LogP contribution in [0.15, 0.2) is 54.7 Å². The van der Waals surface area contributed by atoms with E-state index < -0.39 is 0 Å². The summed E-state index contributed by atoms with van der Waals surface area (Å²) >= 11 is 0. The molecule has 0 saturated carbocycles. The number of hydrogen-bond donors (Lipinski definition) is 4. The van der Waals surface area contributed by atoms with Gasteiger partial charge < -0.3 is 22.1 Å². The Morgan fingerprint density at radius 3 is 2.82 bits per heavy atom. The third kappa shape index (κ3) is 3.94. The first-order valence-corrected chi connectivity index (χ1v) is 9.17. The summed E-state index contributed by atoms with van der Waals surface area (Å²) in [5, 5.41) is 6.04. The SMILES string of the molecule is Nc1ncc(-c2ccc3c(c2)CC(=O)N3)nc1NC[C@@H](N)Cc1ccccc1. The van der Waals surface area contributed by atoms with E-state index in [1.807, 2.05) is 36.4 Å². The molecule has 0 bridgehead atoms. The number of nitrogens with one attached hydrogen (secondary N) is 2. The fraction of sp³-hybridized carbons (Fsp3) is 0.190. The van der Waals surface area contributed by atoms with Gasteiger partial charge in [0.05, 0.1) is 18.3 Å². The molecule has 0 unspecified atom stereocenters. The minimum atomic E-state index is -0.0793. The predicted octanol–water partition coefficient (Wildman–Crippen LogP) is 2.20. The molecule has 0 radical (unpaired) electrons. The smallest absolute Gasteiger partial charge is 0.228 e. The second-order valence-corrected chi connectivity index (χ2v) is 6.92. The van der Waals surface area contributed by atoms with Gasteiger partial charge in [-0.15, -0.1) is 0 Å². The second kappa shape index (κ2) is 7.66. The Balaban J connectivity index is 1.47. The van der Waals surface area contributed by atoms with Crippen molar-refractivity contribution in [1.29, 1.82) is 0 Å². The molecular weight excluding hydrogens is 352 g/mol.